The molecule has 0 radical (unpaired) electrons. The Labute approximate surface area is 106 Å². The molecule has 0 unspecified atom stereocenters. The molecule has 2 N–H and O–H groups in total. The van der Waals surface area contributed by atoms with Crippen molar-refractivity contribution >= 4 is 17.8 Å². The maximum absolute atomic E-state index is 5.32. The summed E-state index contributed by atoms with van der Waals surface area (Å²) in [7, 11) is 5.56. The molecule has 0 atom stereocenters. The molecule has 100 valence electrons. The first-order valence-electron chi connectivity index (χ1n) is 5.89. The molecule has 1 aliphatic heterocycles. The SMILES string of the molecule is CNc1nc(NN(C)C)nc(N2CCOCC2)n1. The number of aromatic nitrogens is 3. The number of ether oxygens (including phenoxy) is 1. The van der Waals surface area contributed by atoms with Gasteiger partial charge in [-0.25, -0.2) is 5.01 Å². The lowest BCUT2D eigenvalue weighted by Gasteiger charge is -2.27. The number of anilines is 3. The predicted molar refractivity (Wildman–Crippen MR) is 69.7 cm³/mol. The molecule has 1 aromatic heterocycles. The van der Waals surface area contributed by atoms with E-state index in [0.717, 1.165) is 13.1 Å². The Hall–Kier alpha value is -1.67. The van der Waals surface area contributed by atoms with E-state index in [2.05, 4.69) is 30.6 Å². The summed E-state index contributed by atoms with van der Waals surface area (Å²) in [6.45, 7) is 3.01. The van der Waals surface area contributed by atoms with E-state index in [-0.39, 0.29) is 0 Å². The van der Waals surface area contributed by atoms with Gasteiger partial charge < -0.3 is 15.0 Å². The summed E-state index contributed by atoms with van der Waals surface area (Å²) < 4.78 is 5.32. The fourth-order valence-corrected chi connectivity index (χ4v) is 1.63. The number of hydrazine groups is 1. The smallest absolute Gasteiger partial charge is 0.244 e. The summed E-state index contributed by atoms with van der Waals surface area (Å²) in [5, 5.41) is 4.73. The second kappa shape index (κ2) is 5.78. The van der Waals surface area contributed by atoms with Crippen molar-refractivity contribution in [2.75, 3.05) is 63.1 Å². The maximum atomic E-state index is 5.32. The zero-order valence-corrected chi connectivity index (χ0v) is 11.0. The Bertz CT molecular complexity index is 392. The lowest BCUT2D eigenvalue weighted by molar-refractivity contribution is 0.122. The summed E-state index contributed by atoms with van der Waals surface area (Å²) in [6.07, 6.45) is 0. The van der Waals surface area contributed by atoms with E-state index in [0.29, 0.717) is 31.1 Å². The van der Waals surface area contributed by atoms with Gasteiger partial charge >= 0.3 is 0 Å². The number of hydrogen-bond donors (Lipinski definition) is 2. The Balaban J connectivity index is 2.22. The van der Waals surface area contributed by atoms with E-state index in [1.807, 2.05) is 14.1 Å². The van der Waals surface area contributed by atoms with E-state index in [4.69, 9.17) is 4.74 Å². The second-order valence-corrected chi connectivity index (χ2v) is 4.14. The highest BCUT2D eigenvalue weighted by Crippen LogP contribution is 2.14. The highest BCUT2D eigenvalue weighted by Gasteiger charge is 2.16. The van der Waals surface area contributed by atoms with Gasteiger partial charge in [0.2, 0.25) is 17.8 Å². The van der Waals surface area contributed by atoms with Crippen LogP contribution in [0.2, 0.25) is 0 Å². The zero-order chi connectivity index (χ0) is 13.0. The molecular weight excluding hydrogens is 234 g/mol. The Morgan fingerprint density at radius 3 is 2.39 bits per heavy atom. The molecule has 1 saturated heterocycles. The monoisotopic (exact) mass is 253 g/mol. The zero-order valence-electron chi connectivity index (χ0n) is 11.0. The van der Waals surface area contributed by atoms with Crippen LogP contribution in [0.15, 0.2) is 0 Å². The molecule has 0 spiro atoms. The molecule has 1 fully saturated rings. The molecule has 2 rings (SSSR count). The van der Waals surface area contributed by atoms with Crippen molar-refractivity contribution in [3.8, 4) is 0 Å². The fourth-order valence-electron chi connectivity index (χ4n) is 1.63. The molecule has 0 saturated carbocycles. The van der Waals surface area contributed by atoms with Crippen molar-refractivity contribution in [1.82, 2.24) is 20.0 Å². The minimum Gasteiger partial charge on any atom is -0.378 e. The van der Waals surface area contributed by atoms with E-state index >= 15 is 0 Å². The lowest BCUT2D eigenvalue weighted by Crippen LogP contribution is -2.37. The van der Waals surface area contributed by atoms with Gasteiger partial charge in [-0.3, -0.25) is 5.43 Å². The number of hydrogen-bond acceptors (Lipinski definition) is 8. The van der Waals surface area contributed by atoms with Crippen LogP contribution in [0, 0.1) is 0 Å². The maximum Gasteiger partial charge on any atom is 0.244 e. The first-order chi connectivity index (χ1) is 8.69. The van der Waals surface area contributed by atoms with Crippen LogP contribution >= 0.6 is 0 Å². The molecule has 8 heteroatoms. The molecule has 2 heterocycles. The van der Waals surface area contributed by atoms with E-state index in [9.17, 15) is 0 Å². The summed E-state index contributed by atoms with van der Waals surface area (Å²) in [6, 6.07) is 0. The fraction of sp³-hybridized carbons (Fsp3) is 0.700. The number of rotatable bonds is 4. The van der Waals surface area contributed by atoms with Gasteiger partial charge in [0.1, 0.15) is 0 Å². The van der Waals surface area contributed by atoms with Crippen LogP contribution in [0.1, 0.15) is 0 Å². The van der Waals surface area contributed by atoms with Gasteiger partial charge in [-0.1, -0.05) is 0 Å². The average Bonchev–Trinajstić information content (AvgIpc) is 2.38. The van der Waals surface area contributed by atoms with E-state index in [1.54, 1.807) is 12.1 Å². The van der Waals surface area contributed by atoms with Crippen LogP contribution in [0.4, 0.5) is 17.8 Å². The standard InChI is InChI=1S/C10H19N7O/c1-11-8-12-9(15-16(2)3)14-10(13-8)17-4-6-18-7-5-17/h4-7H2,1-3H3,(H2,11,12,13,14,15). The minimum absolute atomic E-state index is 0.529. The molecule has 0 amide bonds. The third-order valence-electron chi connectivity index (χ3n) is 2.46. The van der Waals surface area contributed by atoms with Crippen molar-refractivity contribution in [2.24, 2.45) is 0 Å². The summed E-state index contributed by atoms with van der Waals surface area (Å²) in [5.41, 5.74) is 3.03. The third-order valence-corrected chi connectivity index (χ3v) is 2.46. The number of nitrogens with one attached hydrogen (secondary N) is 2. The van der Waals surface area contributed by atoms with Crippen LogP contribution in [0.3, 0.4) is 0 Å². The lowest BCUT2D eigenvalue weighted by atomic mass is 10.4. The summed E-state index contributed by atoms with van der Waals surface area (Å²) >= 11 is 0. The van der Waals surface area contributed by atoms with Crippen molar-refractivity contribution in [2.45, 2.75) is 0 Å². The van der Waals surface area contributed by atoms with Crippen LogP contribution in [-0.4, -0.2) is 67.4 Å². The number of nitrogens with zero attached hydrogens (tertiary/aromatic N) is 5. The van der Waals surface area contributed by atoms with Crippen LogP contribution < -0.4 is 15.6 Å². The third kappa shape index (κ3) is 3.17. The topological polar surface area (TPSA) is 78.4 Å². The molecule has 8 nitrogen and oxygen atoms in total. The first kappa shape index (κ1) is 12.8. The highest BCUT2D eigenvalue weighted by atomic mass is 16.5. The average molecular weight is 253 g/mol. The molecule has 0 aliphatic carbocycles. The van der Waals surface area contributed by atoms with Gasteiger partial charge in [-0.05, 0) is 0 Å². The predicted octanol–water partition coefficient (Wildman–Crippen LogP) is -0.362. The summed E-state index contributed by atoms with van der Waals surface area (Å²) in [5.74, 6) is 1.75. The molecule has 1 aromatic rings. The van der Waals surface area contributed by atoms with Crippen LogP contribution in [0.5, 0.6) is 0 Å². The molecular formula is C10H19N7O. The highest BCUT2D eigenvalue weighted by molar-refractivity contribution is 5.43. The summed E-state index contributed by atoms with van der Waals surface area (Å²) in [4.78, 5) is 15.1. The van der Waals surface area contributed by atoms with Crippen molar-refractivity contribution in [3.05, 3.63) is 0 Å². The van der Waals surface area contributed by atoms with E-state index < -0.39 is 0 Å². The molecule has 1 aliphatic rings. The largest absolute Gasteiger partial charge is 0.378 e. The van der Waals surface area contributed by atoms with Crippen LogP contribution in [0.25, 0.3) is 0 Å². The van der Waals surface area contributed by atoms with Crippen molar-refractivity contribution in [3.63, 3.8) is 0 Å². The Kier molecular flexibility index (Phi) is 4.11. The van der Waals surface area contributed by atoms with Gasteiger partial charge in [0.25, 0.3) is 0 Å². The second-order valence-electron chi connectivity index (χ2n) is 4.14. The van der Waals surface area contributed by atoms with Gasteiger partial charge in [-0.2, -0.15) is 15.0 Å². The quantitative estimate of drug-likeness (QED) is 0.704. The Morgan fingerprint density at radius 1 is 1.11 bits per heavy atom. The van der Waals surface area contributed by atoms with Gasteiger partial charge in [0, 0.05) is 34.2 Å². The van der Waals surface area contributed by atoms with Gasteiger partial charge in [0.15, 0.2) is 0 Å². The molecule has 18 heavy (non-hydrogen) atoms. The van der Waals surface area contributed by atoms with E-state index in [1.165, 1.54) is 0 Å². The number of morpholine rings is 1. The minimum atomic E-state index is 0.529. The Morgan fingerprint density at radius 2 is 1.78 bits per heavy atom. The molecule has 0 aromatic carbocycles. The van der Waals surface area contributed by atoms with Gasteiger partial charge in [-0.15, -0.1) is 0 Å². The first-order valence-corrected chi connectivity index (χ1v) is 5.89. The normalized spacial score (nSPS) is 15.9. The van der Waals surface area contributed by atoms with Gasteiger partial charge in [0.05, 0.1) is 13.2 Å². The van der Waals surface area contributed by atoms with Crippen molar-refractivity contribution < 1.29 is 4.74 Å². The van der Waals surface area contributed by atoms with Crippen LogP contribution in [-0.2, 0) is 4.74 Å². The van der Waals surface area contributed by atoms with Crippen molar-refractivity contribution in [1.29, 1.82) is 0 Å². The molecule has 0 bridgehead atoms.